The molecular weight excluding hydrogens is 1520 g/mol. The molecule has 0 bridgehead atoms. The first-order valence-corrected chi connectivity index (χ1v) is 37.9. The van der Waals surface area contributed by atoms with Gasteiger partial charge in [0.1, 0.15) is 0 Å². The molecule has 0 aliphatic heterocycles. The lowest BCUT2D eigenvalue weighted by Gasteiger charge is -2.12. The van der Waals surface area contributed by atoms with E-state index in [1.54, 1.807) is 12.4 Å². The summed E-state index contributed by atoms with van der Waals surface area (Å²) in [5.41, 5.74) is 24.9. The molecule has 20 aromatic rings. The van der Waals surface area contributed by atoms with Gasteiger partial charge >= 0.3 is 0 Å². The summed E-state index contributed by atoms with van der Waals surface area (Å²) in [4.78, 5) is 28.9. The number of rotatable bonds is 11. The van der Waals surface area contributed by atoms with E-state index in [2.05, 4.69) is 351 Å². The summed E-state index contributed by atoms with van der Waals surface area (Å²) in [6, 6.07) is 126. The number of benzene rings is 12. The minimum atomic E-state index is 0.721. The fraction of sp³-hybridized carbons (Fsp3) is 0. The molecule has 0 fully saturated rings. The third-order valence-corrected chi connectivity index (χ3v) is 21.5. The van der Waals surface area contributed by atoms with E-state index in [-0.39, 0.29) is 0 Å². The number of hydrogen-bond donors (Lipinski definition) is 0. The molecule has 12 aromatic carbocycles. The third-order valence-electron chi connectivity index (χ3n) is 19.5. The van der Waals surface area contributed by atoms with Gasteiger partial charge in [0.15, 0.2) is 5.82 Å². The molecule has 8 aromatic heterocycles. The van der Waals surface area contributed by atoms with E-state index >= 15 is 0 Å². The molecule has 20 rings (SSSR count). The zero-order valence-corrected chi connectivity index (χ0v) is 62.7. The topological polar surface area (TPSA) is 92.1 Å². The molecule has 108 heavy (non-hydrogen) atoms. The first kappa shape index (κ1) is 67.1. The van der Waals surface area contributed by atoms with Crippen LogP contribution in [0.1, 0.15) is 0 Å². The van der Waals surface area contributed by atoms with Crippen LogP contribution in [0.2, 0.25) is 0 Å². The van der Waals surface area contributed by atoms with Crippen LogP contribution in [0.4, 0.5) is 0 Å². The summed E-state index contributed by atoms with van der Waals surface area (Å²) in [5, 5.41) is 7.33. The maximum atomic E-state index is 5.03. The minimum absolute atomic E-state index is 0.721. The summed E-state index contributed by atoms with van der Waals surface area (Å²) >= 11 is 11.3. The van der Waals surface area contributed by atoms with Crippen LogP contribution in [0, 0.1) is 0 Å². The summed E-state index contributed by atoms with van der Waals surface area (Å²) in [6.07, 6.45) is 3.59. The predicted octanol–water partition coefficient (Wildman–Crippen LogP) is 26.3. The number of pyridine rings is 4. The highest BCUT2D eigenvalue weighted by molar-refractivity contribution is 9.11. The van der Waals surface area contributed by atoms with Gasteiger partial charge in [-0.05, 0) is 145 Å². The Morgan fingerprint density at radius 2 is 0.509 bits per heavy atom. The van der Waals surface area contributed by atoms with Crippen LogP contribution in [0.15, 0.2) is 390 Å². The second kappa shape index (κ2) is 29.6. The highest BCUT2D eigenvalue weighted by Crippen LogP contribution is 2.42. The van der Waals surface area contributed by atoms with Gasteiger partial charge in [-0.1, -0.05) is 278 Å². The minimum Gasteiger partial charge on any atom is -0.309 e. The second-order valence-electron chi connectivity index (χ2n) is 26.1. The quantitative estimate of drug-likeness (QED) is 0.128. The van der Waals surface area contributed by atoms with Gasteiger partial charge in [-0.15, -0.1) is 0 Å². The van der Waals surface area contributed by atoms with Crippen molar-refractivity contribution in [2.24, 2.45) is 0 Å². The molecule has 0 spiro atoms. The number of halogens is 3. The van der Waals surface area contributed by atoms with E-state index in [0.29, 0.717) is 0 Å². The number of nitrogens with zero attached hydrogens (tertiary/aromatic N) is 9. The summed E-state index contributed by atoms with van der Waals surface area (Å²) < 4.78 is 10.2. The Morgan fingerprint density at radius 1 is 0.194 bits per heavy atom. The number of para-hydroxylation sites is 3. The largest absolute Gasteiger partial charge is 0.309 e. The van der Waals surface area contributed by atoms with E-state index in [0.717, 1.165) is 132 Å². The lowest BCUT2D eigenvalue weighted by Crippen LogP contribution is -1.99. The van der Waals surface area contributed by atoms with Crippen LogP contribution in [0.3, 0.4) is 0 Å². The van der Waals surface area contributed by atoms with Gasteiger partial charge in [0.25, 0.3) is 0 Å². The number of aromatic nitrogens is 9. The molecule has 0 amide bonds. The van der Waals surface area contributed by atoms with Crippen LogP contribution >= 0.6 is 47.8 Å². The zero-order valence-electron chi connectivity index (χ0n) is 58.0. The molecule has 0 radical (unpaired) electrons. The van der Waals surface area contributed by atoms with Gasteiger partial charge in [-0.3, -0.25) is 9.97 Å². The van der Waals surface area contributed by atoms with Crippen molar-refractivity contribution >= 4 is 113 Å². The Morgan fingerprint density at radius 3 is 0.898 bits per heavy atom. The molecule has 0 N–H and O–H groups in total. The van der Waals surface area contributed by atoms with Crippen molar-refractivity contribution in [3.8, 4) is 107 Å². The summed E-state index contributed by atoms with van der Waals surface area (Å²) in [6.45, 7) is 0. The molecular formula is C96H62Br3N9. The van der Waals surface area contributed by atoms with E-state index in [9.17, 15) is 0 Å². The average molecular weight is 1580 g/mol. The van der Waals surface area contributed by atoms with Crippen LogP contribution in [0.25, 0.3) is 173 Å². The fourth-order valence-corrected chi connectivity index (χ4v) is 16.3. The van der Waals surface area contributed by atoms with Gasteiger partial charge in [0, 0.05) is 97.3 Å². The Kier molecular flexibility index (Phi) is 18.4. The lowest BCUT2D eigenvalue weighted by molar-refractivity contribution is 1.14. The van der Waals surface area contributed by atoms with Gasteiger partial charge in [-0.25, -0.2) is 19.9 Å². The zero-order chi connectivity index (χ0) is 72.4. The molecule has 0 aliphatic carbocycles. The summed E-state index contributed by atoms with van der Waals surface area (Å²) in [7, 11) is 0. The van der Waals surface area contributed by atoms with E-state index < -0.39 is 0 Å². The Labute approximate surface area is 648 Å². The van der Waals surface area contributed by atoms with Gasteiger partial charge < -0.3 is 13.7 Å². The highest BCUT2D eigenvalue weighted by Gasteiger charge is 2.21. The van der Waals surface area contributed by atoms with Crippen LogP contribution in [0.5, 0.6) is 0 Å². The lowest BCUT2D eigenvalue weighted by atomic mass is 10.00. The first-order chi connectivity index (χ1) is 53.3. The molecule has 8 heterocycles. The molecule has 0 unspecified atom stereocenters. The Balaban J connectivity index is 0.000000115. The third kappa shape index (κ3) is 13.1. The molecule has 0 saturated carbocycles. The first-order valence-electron chi connectivity index (χ1n) is 35.5. The van der Waals surface area contributed by atoms with Crippen molar-refractivity contribution in [2.75, 3.05) is 0 Å². The smallest absolute Gasteiger partial charge is 0.160 e. The molecule has 9 nitrogen and oxygen atoms in total. The van der Waals surface area contributed by atoms with Crippen molar-refractivity contribution < 1.29 is 0 Å². The highest BCUT2D eigenvalue weighted by atomic mass is 79.9. The maximum Gasteiger partial charge on any atom is 0.160 e. The molecule has 0 saturated heterocycles. The number of hydrogen-bond acceptors (Lipinski definition) is 6. The fourth-order valence-electron chi connectivity index (χ4n) is 14.6. The van der Waals surface area contributed by atoms with Crippen molar-refractivity contribution in [1.29, 1.82) is 0 Å². The standard InChI is InChI=1S/C35H23BrN2.C34H22BrN3.C27H17BrN4/c36-30-15-9-17-34-35(30)29-14-7-8-16-33(29)38(34)28-20-18-24(19-21-28)27-22-31(25-10-3-1-4-11-25)37-32(23-27)26-12-5-2-6-13-26;35-28-15-9-17-32-33(28)27-14-7-8-16-31(27)38(32)26-20-18-24(19-21-26)30-22-29(23-10-3-1-4-11-23)36-34(37-30)25-12-5-2-6-13-25;28-20-9-7-13-26-27(20)19-8-1-2-12-25(19)32(26)18-16-23(21-10-3-5-14-29-21)31-24(17-18)22-11-4-6-15-30-22/h1-23H;1-22H;1-17H. The van der Waals surface area contributed by atoms with Gasteiger partial charge in [0.05, 0.1) is 84.3 Å². The normalized spacial score (nSPS) is 11.3. The van der Waals surface area contributed by atoms with Crippen molar-refractivity contribution in [3.63, 3.8) is 0 Å². The summed E-state index contributed by atoms with van der Waals surface area (Å²) in [5.74, 6) is 0.721. The van der Waals surface area contributed by atoms with E-state index in [1.165, 1.54) is 54.4 Å². The van der Waals surface area contributed by atoms with Crippen molar-refractivity contribution in [1.82, 2.24) is 43.6 Å². The number of fused-ring (bicyclic) bond motifs is 9. The molecule has 0 atom stereocenters. The molecule has 512 valence electrons. The Hall–Kier alpha value is -12.8. The molecule has 0 aliphatic rings. The van der Waals surface area contributed by atoms with Gasteiger partial charge in [-0.2, -0.15) is 0 Å². The predicted molar refractivity (Wildman–Crippen MR) is 456 cm³/mol. The van der Waals surface area contributed by atoms with Crippen molar-refractivity contribution in [3.05, 3.63) is 390 Å². The average Bonchev–Trinajstić information content (AvgIpc) is 1.60. The van der Waals surface area contributed by atoms with Crippen molar-refractivity contribution in [2.45, 2.75) is 0 Å². The molecule has 12 heteroatoms. The monoisotopic (exact) mass is 1580 g/mol. The van der Waals surface area contributed by atoms with E-state index in [4.69, 9.17) is 19.9 Å². The SMILES string of the molecule is Brc1cccc2c1c1ccccc1n2-c1cc(-c2ccccn2)nc(-c2ccccn2)c1.Brc1cccc2c1c1ccccc1n2-c1ccc(-c2cc(-c3ccccc3)nc(-c3ccccc3)c2)cc1.Brc1cccc2c1c1ccccc1n2-c1ccc(-c2cc(-c3ccccc3)nc(-c3ccccc3)n2)cc1. The second-order valence-corrected chi connectivity index (χ2v) is 28.7. The maximum absolute atomic E-state index is 5.03. The van der Waals surface area contributed by atoms with Crippen LogP contribution in [-0.2, 0) is 0 Å². The van der Waals surface area contributed by atoms with Crippen LogP contribution < -0.4 is 0 Å². The van der Waals surface area contributed by atoms with Crippen LogP contribution in [-0.4, -0.2) is 43.6 Å². The van der Waals surface area contributed by atoms with E-state index in [1.807, 2.05) is 84.9 Å². The van der Waals surface area contributed by atoms with Gasteiger partial charge in [0.2, 0.25) is 0 Å². The Bertz CT molecular complexity index is 6210.